The fraction of sp³-hybridized carbons (Fsp3) is 0.385. The number of carbonyl (C=O) groups excluding carboxylic acids is 2. The maximum Gasteiger partial charge on any atom is 0.251 e. The van der Waals surface area contributed by atoms with E-state index in [2.05, 4.69) is 16.0 Å². The highest BCUT2D eigenvalue weighted by Gasteiger charge is 2.03. The van der Waals surface area contributed by atoms with Crippen LogP contribution in [0.5, 0.6) is 0 Å². The lowest BCUT2D eigenvalue weighted by Crippen LogP contribution is -2.36. The number of hydrogen-bond acceptors (Lipinski definition) is 3. The van der Waals surface area contributed by atoms with Crippen LogP contribution < -0.4 is 16.0 Å². The summed E-state index contributed by atoms with van der Waals surface area (Å²) in [6.07, 6.45) is 0. The molecule has 0 saturated carbocycles. The van der Waals surface area contributed by atoms with Gasteiger partial charge in [-0.05, 0) is 19.1 Å². The van der Waals surface area contributed by atoms with Crippen molar-refractivity contribution in [2.45, 2.75) is 6.92 Å². The van der Waals surface area contributed by atoms with Gasteiger partial charge in [0.05, 0.1) is 6.54 Å². The summed E-state index contributed by atoms with van der Waals surface area (Å²) < 4.78 is 0. The third-order valence-electron chi connectivity index (χ3n) is 2.47. The van der Waals surface area contributed by atoms with E-state index in [-0.39, 0.29) is 18.4 Å². The van der Waals surface area contributed by atoms with Crippen LogP contribution in [-0.2, 0) is 4.79 Å². The van der Waals surface area contributed by atoms with Gasteiger partial charge in [-0.3, -0.25) is 9.59 Å². The van der Waals surface area contributed by atoms with Crippen LogP contribution in [-0.4, -0.2) is 38.5 Å². The molecule has 0 atom stereocenters. The summed E-state index contributed by atoms with van der Waals surface area (Å²) in [4.78, 5) is 22.6. The Bertz CT molecular complexity index is 401. The van der Waals surface area contributed by atoms with Crippen LogP contribution in [0.3, 0.4) is 0 Å². The highest BCUT2D eigenvalue weighted by Crippen LogP contribution is 2.02. The molecule has 0 aliphatic heterocycles. The molecule has 3 N–H and O–H groups in total. The molecule has 1 rings (SSSR count). The molecular formula is C13H19N3O2. The summed E-state index contributed by atoms with van der Waals surface area (Å²) in [5, 5.41) is 8.21. The fourth-order valence-electron chi connectivity index (χ4n) is 1.36. The number of likely N-dealkylation sites (N-methyl/N-ethyl adjacent to an activating group) is 1. The van der Waals surface area contributed by atoms with E-state index in [1.54, 1.807) is 19.2 Å². The predicted octanol–water partition coefficient (Wildman–Crippen LogP) is 0.0604. The molecule has 0 heterocycles. The summed E-state index contributed by atoms with van der Waals surface area (Å²) in [5.74, 6) is -0.170. The van der Waals surface area contributed by atoms with Gasteiger partial charge in [-0.1, -0.05) is 17.7 Å². The van der Waals surface area contributed by atoms with Crippen molar-refractivity contribution >= 4 is 11.8 Å². The van der Waals surface area contributed by atoms with Crippen molar-refractivity contribution in [1.82, 2.24) is 16.0 Å². The lowest BCUT2D eigenvalue weighted by molar-refractivity contribution is -0.119. The van der Waals surface area contributed by atoms with Crippen molar-refractivity contribution in [1.29, 1.82) is 0 Å². The number of nitrogens with one attached hydrogen (secondary N) is 3. The average Bonchev–Trinajstić information content (AvgIpc) is 2.38. The number of rotatable bonds is 6. The van der Waals surface area contributed by atoms with E-state index < -0.39 is 0 Å². The highest BCUT2D eigenvalue weighted by molar-refractivity contribution is 5.94. The summed E-state index contributed by atoms with van der Waals surface area (Å²) in [5.41, 5.74) is 1.77. The normalized spacial score (nSPS) is 9.89. The number of aryl methyl sites for hydroxylation is 1. The monoisotopic (exact) mass is 249 g/mol. The minimum absolute atomic E-state index is 0.0696. The van der Waals surface area contributed by atoms with Crippen LogP contribution in [0.2, 0.25) is 0 Å². The number of carbonyl (C=O) groups is 2. The van der Waals surface area contributed by atoms with Gasteiger partial charge in [-0.15, -0.1) is 0 Å². The average molecular weight is 249 g/mol. The lowest BCUT2D eigenvalue weighted by atomic mass is 10.1. The Morgan fingerprint density at radius 1 is 1.11 bits per heavy atom. The van der Waals surface area contributed by atoms with E-state index in [9.17, 15) is 9.59 Å². The van der Waals surface area contributed by atoms with Crippen molar-refractivity contribution in [2.24, 2.45) is 0 Å². The van der Waals surface area contributed by atoms with Crippen molar-refractivity contribution in [3.63, 3.8) is 0 Å². The first-order valence-electron chi connectivity index (χ1n) is 5.89. The molecule has 0 aliphatic carbocycles. The first kappa shape index (κ1) is 14.2. The molecule has 5 heteroatoms. The maximum absolute atomic E-state index is 11.7. The van der Waals surface area contributed by atoms with E-state index in [4.69, 9.17) is 0 Å². The molecular weight excluding hydrogens is 230 g/mol. The Balaban J connectivity index is 2.21. The van der Waals surface area contributed by atoms with Crippen LogP contribution in [0, 0.1) is 6.92 Å². The standard InChI is InChI=1S/C13H19N3O2/c1-10-3-5-11(6-4-10)13(18)16-8-7-15-9-12(17)14-2/h3-6,15H,7-9H2,1-2H3,(H,14,17)(H,16,18). The summed E-state index contributed by atoms with van der Waals surface area (Å²) >= 11 is 0. The Hall–Kier alpha value is -1.88. The molecule has 18 heavy (non-hydrogen) atoms. The van der Waals surface area contributed by atoms with Gasteiger partial charge in [0, 0.05) is 25.7 Å². The first-order valence-corrected chi connectivity index (χ1v) is 5.89. The van der Waals surface area contributed by atoms with Crippen LogP contribution in [0.25, 0.3) is 0 Å². The van der Waals surface area contributed by atoms with Gasteiger partial charge in [0.15, 0.2) is 0 Å². The van der Waals surface area contributed by atoms with Gasteiger partial charge >= 0.3 is 0 Å². The molecule has 5 nitrogen and oxygen atoms in total. The van der Waals surface area contributed by atoms with E-state index in [1.165, 1.54) is 0 Å². The molecule has 2 amide bonds. The maximum atomic E-state index is 11.7. The molecule has 98 valence electrons. The Morgan fingerprint density at radius 3 is 2.39 bits per heavy atom. The zero-order valence-electron chi connectivity index (χ0n) is 10.7. The Kier molecular flexibility index (Phi) is 5.87. The summed E-state index contributed by atoms with van der Waals surface area (Å²) in [6, 6.07) is 7.39. The van der Waals surface area contributed by atoms with Crippen molar-refractivity contribution < 1.29 is 9.59 Å². The molecule has 0 fully saturated rings. The minimum atomic E-state index is -0.100. The predicted molar refractivity (Wildman–Crippen MR) is 70.4 cm³/mol. The second kappa shape index (κ2) is 7.45. The molecule has 0 unspecified atom stereocenters. The number of amides is 2. The Morgan fingerprint density at radius 2 is 1.78 bits per heavy atom. The quantitative estimate of drug-likeness (QED) is 0.624. The third kappa shape index (κ3) is 4.97. The Labute approximate surface area is 107 Å². The third-order valence-corrected chi connectivity index (χ3v) is 2.47. The van der Waals surface area contributed by atoms with E-state index in [1.807, 2.05) is 19.1 Å². The second-order valence-electron chi connectivity index (χ2n) is 3.97. The van der Waals surface area contributed by atoms with Crippen molar-refractivity contribution in [3.8, 4) is 0 Å². The zero-order valence-corrected chi connectivity index (χ0v) is 10.7. The fourth-order valence-corrected chi connectivity index (χ4v) is 1.36. The number of benzene rings is 1. The van der Waals surface area contributed by atoms with Gasteiger partial charge < -0.3 is 16.0 Å². The summed E-state index contributed by atoms with van der Waals surface area (Å²) in [7, 11) is 1.59. The van der Waals surface area contributed by atoms with Crippen LogP contribution in [0.4, 0.5) is 0 Å². The smallest absolute Gasteiger partial charge is 0.251 e. The van der Waals surface area contributed by atoms with E-state index >= 15 is 0 Å². The molecule has 0 spiro atoms. The molecule has 1 aromatic rings. The van der Waals surface area contributed by atoms with Gasteiger partial charge in [0.25, 0.3) is 5.91 Å². The largest absolute Gasteiger partial charge is 0.358 e. The highest BCUT2D eigenvalue weighted by atomic mass is 16.2. The molecule has 0 aromatic heterocycles. The van der Waals surface area contributed by atoms with E-state index in [0.29, 0.717) is 18.7 Å². The van der Waals surface area contributed by atoms with Crippen LogP contribution in [0.1, 0.15) is 15.9 Å². The van der Waals surface area contributed by atoms with Crippen molar-refractivity contribution in [3.05, 3.63) is 35.4 Å². The van der Waals surface area contributed by atoms with Crippen molar-refractivity contribution in [2.75, 3.05) is 26.7 Å². The summed E-state index contributed by atoms with van der Waals surface area (Å²) in [6.45, 7) is 3.29. The molecule has 0 bridgehead atoms. The number of hydrogen-bond donors (Lipinski definition) is 3. The molecule has 0 radical (unpaired) electrons. The zero-order chi connectivity index (χ0) is 13.4. The first-order chi connectivity index (χ1) is 8.63. The van der Waals surface area contributed by atoms with Gasteiger partial charge in [0.1, 0.15) is 0 Å². The lowest BCUT2D eigenvalue weighted by Gasteiger charge is -2.06. The molecule has 0 aliphatic rings. The van der Waals surface area contributed by atoms with Crippen LogP contribution in [0.15, 0.2) is 24.3 Å². The SMILES string of the molecule is CNC(=O)CNCCNC(=O)c1ccc(C)cc1. The molecule has 1 aromatic carbocycles. The topological polar surface area (TPSA) is 70.2 Å². The van der Waals surface area contributed by atoms with Gasteiger partial charge in [-0.2, -0.15) is 0 Å². The van der Waals surface area contributed by atoms with Crippen LogP contribution >= 0.6 is 0 Å². The van der Waals surface area contributed by atoms with Gasteiger partial charge in [0.2, 0.25) is 5.91 Å². The van der Waals surface area contributed by atoms with E-state index in [0.717, 1.165) is 5.56 Å². The van der Waals surface area contributed by atoms with Gasteiger partial charge in [-0.25, -0.2) is 0 Å². The molecule has 0 saturated heterocycles. The minimum Gasteiger partial charge on any atom is -0.358 e. The second-order valence-corrected chi connectivity index (χ2v) is 3.97.